The number of hydrogen-bond donors (Lipinski definition) is 1. The number of hydrogen-bond acceptors (Lipinski definition) is 1. The fourth-order valence-corrected chi connectivity index (χ4v) is 0.986. The molecule has 1 aliphatic rings. The van der Waals surface area contributed by atoms with Crippen molar-refractivity contribution in [2.45, 2.75) is 12.8 Å². The van der Waals surface area contributed by atoms with E-state index in [9.17, 15) is 0 Å². The predicted molar refractivity (Wildman–Crippen MR) is 32.9 cm³/mol. The van der Waals surface area contributed by atoms with Crippen LogP contribution in [0.2, 0.25) is 0 Å². The van der Waals surface area contributed by atoms with Gasteiger partial charge in [0, 0.05) is 6.61 Å². The van der Waals surface area contributed by atoms with Crippen molar-refractivity contribution in [3.63, 3.8) is 0 Å². The summed E-state index contributed by atoms with van der Waals surface area (Å²) in [6.45, 7) is 2.28. The van der Waals surface area contributed by atoms with Crippen molar-refractivity contribution in [3.8, 4) is 0 Å². The maximum absolute atomic E-state index is 8.65. The first kappa shape index (κ1) is 10.6. The van der Waals surface area contributed by atoms with Crippen molar-refractivity contribution >= 4 is 0 Å². The van der Waals surface area contributed by atoms with E-state index < -0.39 is 0 Å². The summed E-state index contributed by atoms with van der Waals surface area (Å²) in [6.07, 6.45) is 2.19. The fourth-order valence-electron chi connectivity index (χ4n) is 0.986. The second-order valence-electron chi connectivity index (χ2n) is 2.30. The molecule has 0 atom stereocenters. The van der Waals surface area contributed by atoms with Crippen molar-refractivity contribution in [1.82, 2.24) is 0 Å². The summed E-state index contributed by atoms with van der Waals surface area (Å²) in [5.41, 5.74) is 0. The molecule has 48 valence electrons. The average molecular weight is 153 g/mol. The van der Waals surface area contributed by atoms with Crippen LogP contribution in [0.1, 0.15) is 12.8 Å². The Hall–Kier alpha value is 1.56. The zero-order valence-corrected chi connectivity index (χ0v) is 9.13. The summed E-state index contributed by atoms with van der Waals surface area (Å²) < 4.78 is 0. The van der Waals surface area contributed by atoms with Gasteiger partial charge in [0.2, 0.25) is 0 Å². The van der Waals surface area contributed by atoms with Crippen LogP contribution in [0.5, 0.6) is 0 Å². The summed E-state index contributed by atoms with van der Waals surface area (Å²) in [4.78, 5) is 0. The first-order chi connectivity index (χ1) is 3.93. The minimum Gasteiger partial charge on any atom is -0.662 e. The fraction of sp³-hybridized carbons (Fsp3) is 1.00. The summed E-state index contributed by atoms with van der Waals surface area (Å²) in [5, 5.41) is 12.8. The topological polar surface area (TPSA) is 34.3 Å². The maximum Gasteiger partial charge on any atom is 1.00 e. The van der Waals surface area contributed by atoms with Crippen LogP contribution < -0.4 is 51.4 Å². The second kappa shape index (κ2) is 6.28. The van der Waals surface area contributed by atoms with E-state index in [1.807, 2.05) is 0 Å². The van der Waals surface area contributed by atoms with E-state index in [1.165, 1.54) is 0 Å². The molecule has 1 rings (SSSR count). The van der Waals surface area contributed by atoms with Crippen molar-refractivity contribution in [2.75, 3.05) is 19.7 Å². The molecule has 0 aliphatic carbocycles. The van der Waals surface area contributed by atoms with Gasteiger partial charge in [0.15, 0.2) is 0 Å². The molecule has 9 heavy (non-hydrogen) atoms. The van der Waals surface area contributed by atoms with Crippen LogP contribution in [-0.2, 0) is 0 Å². The Bertz CT molecular complexity index is 64.1. The van der Waals surface area contributed by atoms with Gasteiger partial charge in [-0.2, -0.15) is 0 Å². The smallest absolute Gasteiger partial charge is 0.662 e. The molecule has 0 aromatic rings. The van der Waals surface area contributed by atoms with E-state index in [0.29, 0.717) is 12.5 Å². The predicted octanol–water partition coefficient (Wildman–Crippen LogP) is -2.23. The molecule has 0 spiro atoms. The van der Waals surface area contributed by atoms with E-state index in [2.05, 4.69) is 5.32 Å². The zero-order chi connectivity index (χ0) is 5.82. The van der Waals surface area contributed by atoms with Gasteiger partial charge in [-0.1, -0.05) is 12.8 Å². The van der Waals surface area contributed by atoms with Crippen LogP contribution in [0, 0.1) is 5.92 Å². The molecular weight excluding hydrogens is 141 g/mol. The normalized spacial score (nSPS) is 21.0. The summed E-state index contributed by atoms with van der Waals surface area (Å²) in [7, 11) is 0. The van der Waals surface area contributed by atoms with Crippen molar-refractivity contribution < 1.29 is 56.5 Å². The molecule has 2 nitrogen and oxygen atoms in total. The molecule has 0 amide bonds. The molecule has 0 saturated carbocycles. The summed E-state index contributed by atoms with van der Waals surface area (Å²) in [5.74, 6) is 0.549. The van der Waals surface area contributed by atoms with E-state index in [-0.39, 0.29) is 51.4 Å². The number of aliphatic hydroxyl groups excluding tert-OH is 1. The van der Waals surface area contributed by atoms with Gasteiger partial charge in [0.1, 0.15) is 0 Å². The third-order valence-corrected chi connectivity index (χ3v) is 1.65. The Morgan fingerprint density at radius 3 is 2.22 bits per heavy atom. The standard InChI is InChI=1S/C6H12NO.K/c8-5-6-1-3-7-4-2-6;/h6,8H,1-5H2;/q-1;+1. The zero-order valence-electron chi connectivity index (χ0n) is 6.01. The van der Waals surface area contributed by atoms with Gasteiger partial charge in [0.05, 0.1) is 0 Å². The maximum atomic E-state index is 8.65. The number of nitrogens with zero attached hydrogens (tertiary/aromatic N) is 1. The number of piperidine rings is 1. The SMILES string of the molecule is OCC1CC[N-]CC1.[K+]. The van der Waals surface area contributed by atoms with E-state index in [4.69, 9.17) is 5.11 Å². The number of rotatable bonds is 1. The van der Waals surface area contributed by atoms with Crippen LogP contribution in [0.15, 0.2) is 0 Å². The number of aliphatic hydroxyl groups is 1. The van der Waals surface area contributed by atoms with Gasteiger partial charge in [-0.3, -0.25) is 0 Å². The molecule has 1 fully saturated rings. The van der Waals surface area contributed by atoms with E-state index in [0.717, 1.165) is 25.9 Å². The van der Waals surface area contributed by atoms with Gasteiger partial charge in [-0.05, 0) is 5.92 Å². The molecule has 1 saturated heterocycles. The van der Waals surface area contributed by atoms with Crippen LogP contribution in [0.3, 0.4) is 0 Å². The summed E-state index contributed by atoms with van der Waals surface area (Å²) >= 11 is 0. The molecule has 1 heterocycles. The van der Waals surface area contributed by atoms with Gasteiger partial charge < -0.3 is 10.4 Å². The molecule has 0 unspecified atom stereocenters. The van der Waals surface area contributed by atoms with Gasteiger partial charge >= 0.3 is 51.4 Å². The van der Waals surface area contributed by atoms with Crippen molar-refractivity contribution in [3.05, 3.63) is 5.32 Å². The quantitative estimate of drug-likeness (QED) is 0.425. The largest absolute Gasteiger partial charge is 1.00 e. The Labute approximate surface area is 98.8 Å². The third-order valence-electron chi connectivity index (χ3n) is 1.65. The van der Waals surface area contributed by atoms with Gasteiger partial charge in [-0.15, -0.1) is 13.1 Å². The minimum atomic E-state index is 0. The van der Waals surface area contributed by atoms with Crippen LogP contribution in [-0.4, -0.2) is 24.8 Å². The third kappa shape index (κ3) is 4.09. The minimum absolute atomic E-state index is 0. The van der Waals surface area contributed by atoms with Gasteiger partial charge in [-0.25, -0.2) is 0 Å². The Balaban J connectivity index is 0.000000640. The van der Waals surface area contributed by atoms with Crippen LogP contribution in [0.4, 0.5) is 0 Å². The Kier molecular flexibility index (Phi) is 7.36. The first-order valence-corrected chi connectivity index (χ1v) is 3.17. The molecule has 0 aromatic carbocycles. The molecular formula is C6H12KNO. The van der Waals surface area contributed by atoms with Gasteiger partial charge in [0.25, 0.3) is 0 Å². The molecule has 0 bridgehead atoms. The van der Waals surface area contributed by atoms with Crippen molar-refractivity contribution in [2.24, 2.45) is 5.92 Å². The summed E-state index contributed by atoms with van der Waals surface area (Å²) in [6, 6.07) is 0. The monoisotopic (exact) mass is 153 g/mol. The van der Waals surface area contributed by atoms with E-state index >= 15 is 0 Å². The average Bonchev–Trinajstić information content (AvgIpc) is 1.90. The first-order valence-electron chi connectivity index (χ1n) is 3.17. The molecule has 3 heteroatoms. The molecule has 0 radical (unpaired) electrons. The molecule has 1 N–H and O–H groups in total. The van der Waals surface area contributed by atoms with Crippen LogP contribution >= 0.6 is 0 Å². The molecule has 1 aliphatic heterocycles. The second-order valence-corrected chi connectivity index (χ2v) is 2.30. The molecule has 0 aromatic heterocycles. The van der Waals surface area contributed by atoms with E-state index in [1.54, 1.807) is 0 Å². The van der Waals surface area contributed by atoms with Crippen LogP contribution in [0.25, 0.3) is 5.32 Å². The Morgan fingerprint density at radius 2 is 1.89 bits per heavy atom. The van der Waals surface area contributed by atoms with Crippen molar-refractivity contribution in [1.29, 1.82) is 0 Å². The Morgan fingerprint density at radius 1 is 1.33 bits per heavy atom.